The quantitative estimate of drug-likeness (QED) is 0.774. The van der Waals surface area contributed by atoms with E-state index in [2.05, 4.69) is 5.32 Å². The highest BCUT2D eigenvalue weighted by atomic mass is 16.5. The summed E-state index contributed by atoms with van der Waals surface area (Å²) in [5.41, 5.74) is 0. The lowest BCUT2D eigenvalue weighted by atomic mass is 9.91. The van der Waals surface area contributed by atoms with Crippen molar-refractivity contribution in [1.82, 2.24) is 10.2 Å². The minimum atomic E-state index is -0.443. The van der Waals surface area contributed by atoms with Gasteiger partial charge in [0.05, 0.1) is 12.6 Å². The van der Waals surface area contributed by atoms with Gasteiger partial charge in [0.1, 0.15) is 0 Å². The molecule has 110 valence electrons. The van der Waals surface area contributed by atoms with Crippen LogP contribution in [-0.4, -0.2) is 54.4 Å². The Hall–Kier alpha value is -1.30. The molecule has 19 heavy (non-hydrogen) atoms. The first kappa shape index (κ1) is 15.8. The van der Waals surface area contributed by atoms with E-state index in [0.29, 0.717) is 32.5 Å². The van der Waals surface area contributed by atoms with Crippen molar-refractivity contribution in [3.8, 4) is 0 Å². The maximum atomic E-state index is 11.8. The highest BCUT2D eigenvalue weighted by molar-refractivity contribution is 5.76. The lowest BCUT2D eigenvalue weighted by Gasteiger charge is -2.37. The van der Waals surface area contributed by atoms with Crippen LogP contribution in [0.3, 0.4) is 0 Å². The Bertz CT molecular complexity index is 309. The van der Waals surface area contributed by atoms with Crippen LogP contribution in [0.4, 0.5) is 4.79 Å². The Labute approximate surface area is 114 Å². The summed E-state index contributed by atoms with van der Waals surface area (Å²) in [6, 6.07) is -0.0974. The maximum absolute atomic E-state index is 11.8. The summed E-state index contributed by atoms with van der Waals surface area (Å²) in [4.78, 5) is 25.0. The number of aliphatic hydroxyl groups excluding tert-OH is 1. The summed E-state index contributed by atoms with van der Waals surface area (Å²) in [5.74, 6) is 0.305. The fourth-order valence-electron chi connectivity index (χ4n) is 2.47. The van der Waals surface area contributed by atoms with Gasteiger partial charge in [-0.1, -0.05) is 6.92 Å². The number of alkyl carbamates (subject to hydrolysis) is 1. The Balaban J connectivity index is 2.59. The first-order chi connectivity index (χ1) is 9.10. The van der Waals surface area contributed by atoms with Crippen LogP contribution in [0.1, 0.15) is 33.1 Å². The third-order valence-electron chi connectivity index (χ3n) is 3.33. The van der Waals surface area contributed by atoms with Crippen molar-refractivity contribution in [2.24, 2.45) is 5.92 Å². The molecule has 0 aromatic carbocycles. The van der Waals surface area contributed by atoms with Gasteiger partial charge < -0.3 is 20.1 Å². The van der Waals surface area contributed by atoms with Crippen LogP contribution in [0.25, 0.3) is 0 Å². The van der Waals surface area contributed by atoms with Crippen molar-refractivity contribution in [1.29, 1.82) is 0 Å². The van der Waals surface area contributed by atoms with E-state index < -0.39 is 6.09 Å². The molecular weight excluding hydrogens is 248 g/mol. The fraction of sp³-hybridized carbons (Fsp3) is 0.846. The normalized spacial score (nSPS) is 23.0. The molecular formula is C13H24N2O4. The second-order valence-electron chi connectivity index (χ2n) is 4.83. The smallest absolute Gasteiger partial charge is 0.407 e. The topological polar surface area (TPSA) is 78.9 Å². The van der Waals surface area contributed by atoms with Crippen LogP contribution < -0.4 is 5.32 Å². The Morgan fingerprint density at radius 1 is 1.37 bits per heavy atom. The molecule has 1 rings (SSSR count). The monoisotopic (exact) mass is 272 g/mol. The molecule has 0 saturated carbocycles. The zero-order valence-corrected chi connectivity index (χ0v) is 11.7. The molecule has 6 nitrogen and oxygen atoms in total. The first-order valence-corrected chi connectivity index (χ1v) is 6.92. The zero-order chi connectivity index (χ0) is 14.3. The summed E-state index contributed by atoms with van der Waals surface area (Å²) < 4.78 is 4.86. The van der Waals surface area contributed by atoms with E-state index in [1.54, 1.807) is 11.8 Å². The molecule has 0 aromatic heterocycles. The molecule has 1 aliphatic heterocycles. The van der Waals surface area contributed by atoms with Crippen molar-refractivity contribution < 1.29 is 19.4 Å². The summed E-state index contributed by atoms with van der Waals surface area (Å²) >= 11 is 0. The van der Waals surface area contributed by atoms with Crippen LogP contribution in [-0.2, 0) is 9.53 Å². The molecule has 0 aromatic rings. The third-order valence-corrected chi connectivity index (χ3v) is 3.33. The molecule has 0 aliphatic carbocycles. The first-order valence-electron chi connectivity index (χ1n) is 6.92. The van der Waals surface area contributed by atoms with Crippen LogP contribution in [0.2, 0.25) is 0 Å². The van der Waals surface area contributed by atoms with Gasteiger partial charge in [-0.05, 0) is 25.7 Å². The molecule has 0 radical (unpaired) electrons. The number of carbonyl (C=O) groups excluding carboxylic acids is 2. The van der Waals surface area contributed by atoms with E-state index in [1.807, 2.05) is 6.92 Å². The lowest BCUT2D eigenvalue weighted by Crippen LogP contribution is -2.52. The van der Waals surface area contributed by atoms with Gasteiger partial charge in [0.15, 0.2) is 0 Å². The summed E-state index contributed by atoms with van der Waals surface area (Å²) in [7, 11) is 0. The van der Waals surface area contributed by atoms with Crippen LogP contribution in [0, 0.1) is 5.92 Å². The van der Waals surface area contributed by atoms with E-state index >= 15 is 0 Å². The van der Waals surface area contributed by atoms with Crippen LogP contribution in [0.5, 0.6) is 0 Å². The van der Waals surface area contributed by atoms with Crippen LogP contribution in [0.15, 0.2) is 0 Å². The SMILES string of the molecule is CCOC(=O)NC1CC(CCO)CN(C(=O)CC)C1. The van der Waals surface area contributed by atoms with E-state index in [9.17, 15) is 9.59 Å². The largest absolute Gasteiger partial charge is 0.450 e. The standard InChI is InChI=1S/C13H24N2O4/c1-3-12(17)15-8-10(5-6-16)7-11(9-15)14-13(18)19-4-2/h10-11,16H,3-9H2,1-2H3,(H,14,18). The average molecular weight is 272 g/mol. The second kappa shape index (κ2) is 7.99. The zero-order valence-electron chi connectivity index (χ0n) is 11.7. The number of likely N-dealkylation sites (tertiary alicyclic amines) is 1. The van der Waals surface area contributed by atoms with Gasteiger partial charge in [-0.2, -0.15) is 0 Å². The summed E-state index contributed by atoms with van der Waals surface area (Å²) in [6.45, 7) is 5.19. The van der Waals surface area contributed by atoms with E-state index in [4.69, 9.17) is 9.84 Å². The number of ether oxygens (including phenoxy) is 1. The number of aliphatic hydroxyl groups is 1. The molecule has 2 unspecified atom stereocenters. The number of nitrogens with zero attached hydrogens (tertiary/aromatic N) is 1. The van der Waals surface area contributed by atoms with E-state index in [-0.39, 0.29) is 24.5 Å². The van der Waals surface area contributed by atoms with Gasteiger partial charge in [0.2, 0.25) is 5.91 Å². The molecule has 6 heteroatoms. The lowest BCUT2D eigenvalue weighted by molar-refractivity contribution is -0.133. The van der Waals surface area contributed by atoms with Crippen molar-refractivity contribution >= 4 is 12.0 Å². The number of hydrogen-bond acceptors (Lipinski definition) is 4. The molecule has 0 bridgehead atoms. The fourth-order valence-corrected chi connectivity index (χ4v) is 2.47. The second-order valence-corrected chi connectivity index (χ2v) is 4.83. The van der Waals surface area contributed by atoms with Crippen molar-refractivity contribution in [3.63, 3.8) is 0 Å². The van der Waals surface area contributed by atoms with Gasteiger partial charge in [0.25, 0.3) is 0 Å². The number of nitrogens with one attached hydrogen (secondary N) is 1. The Kier molecular flexibility index (Phi) is 6.62. The van der Waals surface area contributed by atoms with Crippen molar-refractivity contribution in [2.45, 2.75) is 39.2 Å². The third kappa shape index (κ3) is 5.06. The Morgan fingerprint density at radius 2 is 2.11 bits per heavy atom. The van der Waals surface area contributed by atoms with E-state index in [0.717, 1.165) is 6.42 Å². The number of piperidine rings is 1. The molecule has 1 heterocycles. The van der Waals surface area contributed by atoms with Crippen molar-refractivity contribution in [2.75, 3.05) is 26.3 Å². The van der Waals surface area contributed by atoms with Gasteiger partial charge in [-0.15, -0.1) is 0 Å². The number of carbonyl (C=O) groups is 2. The highest BCUT2D eigenvalue weighted by Gasteiger charge is 2.30. The number of hydrogen-bond donors (Lipinski definition) is 2. The van der Waals surface area contributed by atoms with Crippen LogP contribution >= 0.6 is 0 Å². The average Bonchev–Trinajstić information content (AvgIpc) is 2.38. The van der Waals surface area contributed by atoms with E-state index in [1.165, 1.54) is 0 Å². The molecule has 2 amide bonds. The molecule has 1 aliphatic rings. The molecule has 2 atom stereocenters. The molecule has 0 spiro atoms. The van der Waals surface area contributed by atoms with Gasteiger partial charge in [0, 0.05) is 26.1 Å². The maximum Gasteiger partial charge on any atom is 0.407 e. The molecule has 1 fully saturated rings. The van der Waals surface area contributed by atoms with Gasteiger partial charge in [-0.25, -0.2) is 4.79 Å². The van der Waals surface area contributed by atoms with Gasteiger partial charge >= 0.3 is 6.09 Å². The van der Waals surface area contributed by atoms with Gasteiger partial charge in [-0.3, -0.25) is 4.79 Å². The minimum absolute atomic E-state index is 0.0818. The Morgan fingerprint density at radius 3 is 2.68 bits per heavy atom. The molecule has 1 saturated heterocycles. The molecule has 2 N–H and O–H groups in total. The predicted molar refractivity (Wildman–Crippen MR) is 70.6 cm³/mol. The van der Waals surface area contributed by atoms with Crippen molar-refractivity contribution in [3.05, 3.63) is 0 Å². The number of rotatable bonds is 5. The highest BCUT2D eigenvalue weighted by Crippen LogP contribution is 2.20. The summed E-state index contributed by atoms with van der Waals surface area (Å²) in [5, 5.41) is 11.8. The minimum Gasteiger partial charge on any atom is -0.450 e. The predicted octanol–water partition coefficient (Wildman–Crippen LogP) is 0.742. The number of amides is 2. The summed E-state index contributed by atoms with van der Waals surface area (Å²) in [6.07, 6.45) is 1.43.